The van der Waals surface area contributed by atoms with E-state index in [9.17, 15) is 0 Å². The van der Waals surface area contributed by atoms with E-state index in [1.165, 1.54) is 0 Å². The molecule has 1 unspecified atom stereocenters. The maximum atomic E-state index is 5.49. The van der Waals surface area contributed by atoms with Crippen LogP contribution in [0.2, 0.25) is 0 Å². The largest absolute Gasteiger partial charge is 0.381 e. The quantitative estimate of drug-likeness (QED) is 0.592. The van der Waals surface area contributed by atoms with Crippen molar-refractivity contribution in [3.05, 3.63) is 17.1 Å². The predicted molar refractivity (Wildman–Crippen MR) is 62.1 cm³/mol. The number of rotatable bonds is 3. The van der Waals surface area contributed by atoms with Crippen LogP contribution in [0.4, 0.5) is 5.82 Å². The highest BCUT2D eigenvalue weighted by molar-refractivity contribution is 5.45. The normalized spacial score (nSPS) is 20.1. The van der Waals surface area contributed by atoms with Gasteiger partial charge in [-0.05, 0) is 19.8 Å². The molecule has 5 heteroatoms. The molecule has 0 radical (unpaired) electrons. The van der Waals surface area contributed by atoms with Gasteiger partial charge >= 0.3 is 0 Å². The van der Waals surface area contributed by atoms with Crippen LogP contribution in [0.25, 0.3) is 0 Å². The second-order valence-corrected chi connectivity index (χ2v) is 4.05. The number of nitrogens with one attached hydrogen (secondary N) is 1. The van der Waals surface area contributed by atoms with E-state index in [-0.39, 0.29) is 0 Å². The summed E-state index contributed by atoms with van der Waals surface area (Å²) in [5.74, 6) is 7.40. The summed E-state index contributed by atoms with van der Waals surface area (Å²) < 4.78 is 5.35. The van der Waals surface area contributed by atoms with Crippen LogP contribution in [-0.2, 0) is 11.2 Å². The molecule has 0 aliphatic carbocycles. The van der Waals surface area contributed by atoms with Crippen molar-refractivity contribution in [1.82, 2.24) is 9.97 Å². The van der Waals surface area contributed by atoms with Crippen molar-refractivity contribution in [2.75, 3.05) is 18.6 Å². The lowest BCUT2D eigenvalue weighted by atomic mass is 10.1. The highest BCUT2D eigenvalue weighted by atomic mass is 16.5. The van der Waals surface area contributed by atoms with Crippen LogP contribution in [0.15, 0.2) is 0 Å². The van der Waals surface area contributed by atoms with Gasteiger partial charge in [0.25, 0.3) is 0 Å². The molecule has 5 nitrogen and oxygen atoms in total. The van der Waals surface area contributed by atoms with Crippen molar-refractivity contribution >= 4 is 5.82 Å². The minimum atomic E-state index is 0.316. The first-order chi connectivity index (χ1) is 7.76. The molecule has 1 aromatic heterocycles. The number of aromatic nitrogens is 2. The average molecular weight is 222 g/mol. The zero-order valence-corrected chi connectivity index (χ0v) is 9.79. The third kappa shape index (κ3) is 2.01. The molecule has 1 fully saturated rings. The summed E-state index contributed by atoms with van der Waals surface area (Å²) in [6, 6.07) is 0. The topological polar surface area (TPSA) is 73.1 Å². The number of aryl methyl sites for hydroxylation is 1. The fourth-order valence-corrected chi connectivity index (χ4v) is 2.08. The smallest absolute Gasteiger partial charge is 0.147 e. The van der Waals surface area contributed by atoms with E-state index in [0.717, 1.165) is 49.0 Å². The van der Waals surface area contributed by atoms with Gasteiger partial charge in [-0.2, -0.15) is 0 Å². The van der Waals surface area contributed by atoms with Crippen LogP contribution in [0.1, 0.15) is 36.3 Å². The van der Waals surface area contributed by atoms with Crippen molar-refractivity contribution in [2.24, 2.45) is 5.84 Å². The van der Waals surface area contributed by atoms with E-state index >= 15 is 0 Å². The SMILES string of the molecule is CCc1c(C)nc(C2CCOC2)nc1NN. The average Bonchev–Trinajstić information content (AvgIpc) is 2.81. The van der Waals surface area contributed by atoms with Gasteiger partial charge in [-0.15, -0.1) is 0 Å². The fourth-order valence-electron chi connectivity index (χ4n) is 2.08. The van der Waals surface area contributed by atoms with Crippen molar-refractivity contribution in [2.45, 2.75) is 32.6 Å². The Hall–Kier alpha value is -1.20. The maximum Gasteiger partial charge on any atom is 0.147 e. The van der Waals surface area contributed by atoms with Crippen LogP contribution in [-0.4, -0.2) is 23.2 Å². The van der Waals surface area contributed by atoms with Gasteiger partial charge in [0.1, 0.15) is 11.6 Å². The number of anilines is 1. The molecule has 0 bridgehead atoms. The number of nitrogens with two attached hydrogens (primary N) is 1. The third-order valence-electron chi connectivity index (χ3n) is 3.02. The number of nitrogens with zero attached hydrogens (tertiary/aromatic N) is 2. The molecule has 2 heterocycles. The zero-order valence-electron chi connectivity index (χ0n) is 9.79. The zero-order chi connectivity index (χ0) is 11.5. The van der Waals surface area contributed by atoms with Crippen molar-refractivity contribution in [3.63, 3.8) is 0 Å². The summed E-state index contributed by atoms with van der Waals surface area (Å²) in [5.41, 5.74) is 4.75. The molecular weight excluding hydrogens is 204 g/mol. The summed E-state index contributed by atoms with van der Waals surface area (Å²) in [6.45, 7) is 5.59. The van der Waals surface area contributed by atoms with E-state index in [1.54, 1.807) is 0 Å². The molecule has 16 heavy (non-hydrogen) atoms. The van der Waals surface area contributed by atoms with E-state index in [1.807, 2.05) is 6.92 Å². The molecule has 1 aromatic rings. The van der Waals surface area contributed by atoms with Gasteiger partial charge in [-0.1, -0.05) is 6.92 Å². The summed E-state index contributed by atoms with van der Waals surface area (Å²) in [6.07, 6.45) is 1.88. The summed E-state index contributed by atoms with van der Waals surface area (Å²) in [4.78, 5) is 9.03. The van der Waals surface area contributed by atoms with Crippen LogP contribution in [0.5, 0.6) is 0 Å². The van der Waals surface area contributed by atoms with Crippen LogP contribution >= 0.6 is 0 Å². The summed E-state index contributed by atoms with van der Waals surface area (Å²) >= 11 is 0. The first-order valence-corrected chi connectivity index (χ1v) is 5.68. The standard InChI is InChI=1S/C11H18N4O/c1-3-9-7(2)13-10(14-11(9)15-12)8-4-5-16-6-8/h8H,3-6,12H2,1-2H3,(H,13,14,15). The molecule has 88 valence electrons. The Morgan fingerprint density at radius 3 is 2.88 bits per heavy atom. The summed E-state index contributed by atoms with van der Waals surface area (Å²) in [7, 11) is 0. The summed E-state index contributed by atoms with van der Waals surface area (Å²) in [5, 5.41) is 0. The molecule has 0 spiro atoms. The van der Waals surface area contributed by atoms with Gasteiger partial charge in [0, 0.05) is 23.8 Å². The number of nitrogen functional groups attached to an aromatic ring is 1. The molecule has 0 aromatic carbocycles. The lowest BCUT2D eigenvalue weighted by Crippen LogP contribution is -2.16. The first kappa shape index (κ1) is 11.3. The Morgan fingerprint density at radius 1 is 1.50 bits per heavy atom. The van der Waals surface area contributed by atoms with Gasteiger partial charge in [0.15, 0.2) is 0 Å². The van der Waals surface area contributed by atoms with E-state index in [2.05, 4.69) is 22.3 Å². The Morgan fingerprint density at radius 2 is 2.31 bits per heavy atom. The van der Waals surface area contributed by atoms with E-state index in [4.69, 9.17) is 10.6 Å². The second-order valence-electron chi connectivity index (χ2n) is 4.05. The second kappa shape index (κ2) is 4.76. The van der Waals surface area contributed by atoms with Gasteiger partial charge in [0.2, 0.25) is 0 Å². The molecule has 1 saturated heterocycles. The Balaban J connectivity index is 2.36. The fraction of sp³-hybridized carbons (Fsp3) is 0.636. The van der Waals surface area contributed by atoms with Gasteiger partial charge in [0.05, 0.1) is 6.61 Å². The van der Waals surface area contributed by atoms with Crippen LogP contribution < -0.4 is 11.3 Å². The Kier molecular flexibility index (Phi) is 3.36. The third-order valence-corrected chi connectivity index (χ3v) is 3.02. The van der Waals surface area contributed by atoms with Crippen LogP contribution in [0, 0.1) is 6.92 Å². The van der Waals surface area contributed by atoms with Gasteiger partial charge in [-0.25, -0.2) is 15.8 Å². The first-order valence-electron chi connectivity index (χ1n) is 5.68. The Labute approximate surface area is 95.4 Å². The van der Waals surface area contributed by atoms with Crippen molar-refractivity contribution in [3.8, 4) is 0 Å². The van der Waals surface area contributed by atoms with Crippen molar-refractivity contribution < 1.29 is 4.74 Å². The van der Waals surface area contributed by atoms with Crippen molar-refractivity contribution in [1.29, 1.82) is 0 Å². The molecule has 0 amide bonds. The molecule has 1 aliphatic heterocycles. The van der Waals surface area contributed by atoms with E-state index < -0.39 is 0 Å². The molecule has 1 aliphatic rings. The molecule has 3 N–H and O–H groups in total. The predicted octanol–water partition coefficient (Wildman–Crippen LogP) is 1.14. The number of hydrogen-bond donors (Lipinski definition) is 2. The monoisotopic (exact) mass is 222 g/mol. The van der Waals surface area contributed by atoms with Crippen LogP contribution in [0.3, 0.4) is 0 Å². The minimum Gasteiger partial charge on any atom is -0.381 e. The Bertz CT molecular complexity index is 374. The molecular formula is C11H18N4O. The molecule has 2 rings (SSSR count). The lowest BCUT2D eigenvalue weighted by molar-refractivity contribution is 0.193. The highest BCUT2D eigenvalue weighted by Gasteiger charge is 2.22. The van der Waals surface area contributed by atoms with Gasteiger partial charge in [-0.3, -0.25) is 0 Å². The lowest BCUT2D eigenvalue weighted by Gasteiger charge is -2.13. The number of hydrazine groups is 1. The minimum absolute atomic E-state index is 0.316. The maximum absolute atomic E-state index is 5.49. The molecule has 1 atom stereocenters. The van der Waals surface area contributed by atoms with E-state index in [0.29, 0.717) is 5.92 Å². The highest BCUT2D eigenvalue weighted by Crippen LogP contribution is 2.25. The number of hydrogen-bond acceptors (Lipinski definition) is 5. The molecule has 0 saturated carbocycles. The van der Waals surface area contributed by atoms with Gasteiger partial charge < -0.3 is 10.2 Å². The number of ether oxygens (including phenoxy) is 1.